The van der Waals surface area contributed by atoms with Gasteiger partial charge in [0, 0.05) is 5.56 Å². The van der Waals surface area contributed by atoms with Gasteiger partial charge in [-0.05, 0) is 25.0 Å². The molecule has 2 heteroatoms. The predicted molar refractivity (Wildman–Crippen MR) is 89.1 cm³/mol. The van der Waals surface area contributed by atoms with Crippen LogP contribution in [-0.2, 0) is 0 Å². The van der Waals surface area contributed by atoms with Gasteiger partial charge in [0.2, 0.25) is 0 Å². The average molecular weight is 275 g/mol. The molecule has 0 saturated heterocycles. The molecule has 0 atom stereocenters. The summed E-state index contributed by atoms with van der Waals surface area (Å²) in [6.45, 7) is 18.5. The van der Waals surface area contributed by atoms with Crippen LogP contribution in [0.5, 0.6) is 0 Å². The van der Waals surface area contributed by atoms with Crippen LogP contribution in [0.1, 0.15) is 16.7 Å². The minimum Gasteiger partial charge on any atom is -0.127 e. The van der Waals surface area contributed by atoms with Gasteiger partial charge >= 0.3 is 0 Å². The Labute approximate surface area is 115 Å². The van der Waals surface area contributed by atoms with Crippen LogP contribution in [0.4, 0.5) is 0 Å². The highest BCUT2D eigenvalue weighted by Gasteiger charge is 2.18. The van der Waals surface area contributed by atoms with Gasteiger partial charge in [0.15, 0.2) is 0 Å². The Bertz CT molecular complexity index is 480. The van der Waals surface area contributed by atoms with E-state index in [9.17, 15) is 0 Å². The summed E-state index contributed by atoms with van der Waals surface area (Å²) in [5.41, 5.74) is 7.42. The molecule has 0 heterocycles. The lowest BCUT2D eigenvalue weighted by Crippen LogP contribution is -2.38. The molecule has 1 aromatic carbocycles. The monoisotopic (exact) mass is 274 g/mol. The summed E-state index contributed by atoms with van der Waals surface area (Å²) < 4.78 is 0. The molecule has 0 aliphatic heterocycles. The first-order chi connectivity index (χ1) is 8.00. The highest BCUT2D eigenvalue weighted by atomic mass is 28.3. The number of rotatable bonds is 1. The standard InChI is InChI=1S/C16H26Si2/c1-13-11-15(18(6,7)8)12-14(2)16(13)9-10-17(3,4)5/h11-12H,1-8H3. The quantitative estimate of drug-likeness (QED) is 0.535. The fourth-order valence-electron chi connectivity index (χ4n) is 1.84. The molecule has 0 bridgehead atoms. The molecule has 0 spiro atoms. The third kappa shape index (κ3) is 4.15. The van der Waals surface area contributed by atoms with Crippen molar-refractivity contribution in [3.8, 4) is 11.5 Å². The van der Waals surface area contributed by atoms with E-state index in [4.69, 9.17) is 0 Å². The second-order valence-corrected chi connectivity index (χ2v) is 17.1. The zero-order chi connectivity index (χ0) is 14.1. The zero-order valence-corrected chi connectivity index (χ0v) is 15.2. The second-order valence-electron chi connectivity index (χ2n) is 7.24. The van der Waals surface area contributed by atoms with Gasteiger partial charge in [-0.2, -0.15) is 0 Å². The molecule has 0 aliphatic carbocycles. The molecular weight excluding hydrogens is 248 g/mol. The van der Waals surface area contributed by atoms with E-state index in [1.54, 1.807) is 0 Å². The Morgan fingerprint density at radius 1 is 0.833 bits per heavy atom. The lowest BCUT2D eigenvalue weighted by Gasteiger charge is -2.19. The largest absolute Gasteiger partial charge is 0.129 e. The average Bonchev–Trinajstić information content (AvgIpc) is 2.12. The first kappa shape index (κ1) is 15.3. The zero-order valence-electron chi connectivity index (χ0n) is 13.2. The van der Waals surface area contributed by atoms with Crippen molar-refractivity contribution in [1.82, 2.24) is 0 Å². The van der Waals surface area contributed by atoms with Gasteiger partial charge in [-0.25, -0.2) is 0 Å². The van der Waals surface area contributed by atoms with E-state index in [0.717, 1.165) is 0 Å². The van der Waals surface area contributed by atoms with Crippen molar-refractivity contribution in [3.05, 3.63) is 28.8 Å². The summed E-state index contributed by atoms with van der Waals surface area (Å²) >= 11 is 0. The van der Waals surface area contributed by atoms with E-state index >= 15 is 0 Å². The summed E-state index contributed by atoms with van der Waals surface area (Å²) in [4.78, 5) is 0. The van der Waals surface area contributed by atoms with Crippen LogP contribution < -0.4 is 5.19 Å². The summed E-state index contributed by atoms with van der Waals surface area (Å²) in [6.07, 6.45) is 0. The molecule has 0 radical (unpaired) electrons. The summed E-state index contributed by atoms with van der Waals surface area (Å²) in [5.74, 6) is 3.43. The smallest absolute Gasteiger partial charge is 0.127 e. The van der Waals surface area contributed by atoms with Crippen molar-refractivity contribution in [3.63, 3.8) is 0 Å². The molecule has 0 nitrogen and oxygen atoms in total. The molecule has 18 heavy (non-hydrogen) atoms. The molecular formula is C16H26Si2. The minimum atomic E-state index is -1.29. The topological polar surface area (TPSA) is 0 Å². The van der Waals surface area contributed by atoms with Crippen LogP contribution in [0.25, 0.3) is 0 Å². The Morgan fingerprint density at radius 2 is 1.28 bits per heavy atom. The second kappa shape index (κ2) is 5.07. The number of benzene rings is 1. The first-order valence-electron chi connectivity index (χ1n) is 6.65. The van der Waals surface area contributed by atoms with Crippen LogP contribution in [-0.4, -0.2) is 16.1 Å². The molecule has 0 saturated carbocycles. The van der Waals surface area contributed by atoms with Crippen LogP contribution >= 0.6 is 0 Å². The molecule has 98 valence electrons. The van der Waals surface area contributed by atoms with Crippen molar-refractivity contribution in [1.29, 1.82) is 0 Å². The Balaban J connectivity index is 3.29. The maximum atomic E-state index is 3.48. The fourth-order valence-corrected chi connectivity index (χ4v) is 3.64. The van der Waals surface area contributed by atoms with E-state index in [0.29, 0.717) is 0 Å². The lowest BCUT2D eigenvalue weighted by molar-refractivity contribution is 1.36. The van der Waals surface area contributed by atoms with E-state index < -0.39 is 16.1 Å². The highest BCUT2D eigenvalue weighted by Crippen LogP contribution is 2.14. The Hall–Kier alpha value is -0.786. The third-order valence-corrected chi connectivity index (χ3v) is 5.86. The molecule has 0 fully saturated rings. The SMILES string of the molecule is Cc1cc([Si](C)(C)C)cc(C)c1C#C[Si](C)(C)C. The Kier molecular flexibility index (Phi) is 4.30. The van der Waals surface area contributed by atoms with E-state index in [1.165, 1.54) is 21.9 Å². The van der Waals surface area contributed by atoms with Gasteiger partial charge in [-0.1, -0.05) is 62.5 Å². The van der Waals surface area contributed by atoms with Crippen molar-refractivity contribution in [2.45, 2.75) is 53.1 Å². The predicted octanol–water partition coefficient (Wildman–Crippen LogP) is 4.08. The van der Waals surface area contributed by atoms with Crippen LogP contribution in [0.15, 0.2) is 12.1 Å². The number of hydrogen-bond acceptors (Lipinski definition) is 0. The molecule has 0 aromatic heterocycles. The van der Waals surface area contributed by atoms with Gasteiger partial charge in [0.25, 0.3) is 0 Å². The maximum absolute atomic E-state index is 3.48. The van der Waals surface area contributed by atoms with Crippen molar-refractivity contribution >= 4 is 21.3 Å². The number of aryl methyl sites for hydroxylation is 2. The maximum Gasteiger partial charge on any atom is 0.129 e. The van der Waals surface area contributed by atoms with Gasteiger partial charge in [0.05, 0.1) is 8.07 Å². The summed E-state index contributed by atoms with van der Waals surface area (Å²) in [6, 6.07) is 4.71. The molecule has 0 unspecified atom stereocenters. The summed E-state index contributed by atoms with van der Waals surface area (Å²) in [7, 11) is -2.51. The van der Waals surface area contributed by atoms with Crippen molar-refractivity contribution in [2.75, 3.05) is 0 Å². The van der Waals surface area contributed by atoms with Gasteiger partial charge in [-0.3, -0.25) is 0 Å². The minimum absolute atomic E-state index is 1.22. The summed E-state index contributed by atoms with van der Waals surface area (Å²) in [5, 5.41) is 1.54. The van der Waals surface area contributed by atoms with Crippen LogP contribution in [0.3, 0.4) is 0 Å². The fraction of sp³-hybridized carbons (Fsp3) is 0.500. The lowest BCUT2D eigenvalue weighted by atomic mass is 10.0. The van der Waals surface area contributed by atoms with Crippen molar-refractivity contribution < 1.29 is 0 Å². The van der Waals surface area contributed by atoms with Crippen molar-refractivity contribution in [2.24, 2.45) is 0 Å². The van der Waals surface area contributed by atoms with Gasteiger partial charge in [-0.15, -0.1) is 5.54 Å². The highest BCUT2D eigenvalue weighted by molar-refractivity contribution is 6.88. The molecule has 0 amide bonds. The van der Waals surface area contributed by atoms with Gasteiger partial charge < -0.3 is 0 Å². The van der Waals surface area contributed by atoms with E-state index in [1.807, 2.05) is 0 Å². The van der Waals surface area contributed by atoms with Gasteiger partial charge in [0.1, 0.15) is 8.07 Å². The van der Waals surface area contributed by atoms with E-state index in [2.05, 4.69) is 76.7 Å². The number of hydrogen-bond donors (Lipinski definition) is 0. The molecule has 1 rings (SSSR count). The van der Waals surface area contributed by atoms with Crippen LogP contribution in [0.2, 0.25) is 39.3 Å². The third-order valence-electron chi connectivity index (χ3n) is 2.96. The molecule has 0 aliphatic rings. The molecule has 1 aromatic rings. The normalized spacial score (nSPS) is 12.0. The van der Waals surface area contributed by atoms with Crippen LogP contribution in [0, 0.1) is 25.3 Å². The first-order valence-corrected chi connectivity index (χ1v) is 13.7. The molecule has 0 N–H and O–H groups in total. The Morgan fingerprint density at radius 3 is 1.61 bits per heavy atom. The van der Waals surface area contributed by atoms with E-state index in [-0.39, 0.29) is 0 Å².